The summed E-state index contributed by atoms with van der Waals surface area (Å²) in [6.45, 7) is 4.37. The summed E-state index contributed by atoms with van der Waals surface area (Å²) in [4.78, 5) is 0. The van der Waals surface area contributed by atoms with E-state index in [2.05, 4.69) is 6.08 Å². The highest BCUT2D eigenvalue weighted by Crippen LogP contribution is 2.40. The third kappa shape index (κ3) is 2.58. The Morgan fingerprint density at radius 1 is 1.11 bits per heavy atom. The zero-order valence-electron chi connectivity index (χ0n) is 11.7. The molecule has 0 aliphatic carbocycles. The molecule has 3 aliphatic rings. The number of rotatable bonds is 1. The van der Waals surface area contributed by atoms with Crippen LogP contribution in [0.2, 0.25) is 0 Å². The van der Waals surface area contributed by atoms with Crippen LogP contribution in [0, 0.1) is 0 Å². The van der Waals surface area contributed by atoms with Crippen LogP contribution in [0.3, 0.4) is 0 Å². The summed E-state index contributed by atoms with van der Waals surface area (Å²) in [5.41, 5.74) is 0. The van der Waals surface area contributed by atoms with Crippen LogP contribution in [0.5, 0.6) is 0 Å². The molecule has 3 aliphatic heterocycles. The number of ether oxygens (including phenoxy) is 5. The first-order valence-electron chi connectivity index (χ1n) is 6.91. The summed E-state index contributed by atoms with van der Waals surface area (Å²) < 4.78 is 29.2. The summed E-state index contributed by atoms with van der Waals surface area (Å²) in [5.74, 6) is -0.611. The lowest BCUT2D eigenvalue weighted by atomic mass is 10.0. The standard InChI is InChI=1S/C14H22O5/c1-14(2)18-12-11-10(17-13(12)19-14)9(15-3)7-5-4-6-8-16-11/h4,6,9-13H,5,7-8H2,1-3H3/b6-4-/t9-,10+,11-,12+,13+/m0/s1. The highest BCUT2D eigenvalue weighted by Gasteiger charge is 2.57. The first kappa shape index (κ1) is 13.5. The molecule has 5 atom stereocenters. The Balaban J connectivity index is 1.79. The van der Waals surface area contributed by atoms with E-state index in [-0.39, 0.29) is 30.7 Å². The second-order valence-electron chi connectivity index (χ2n) is 5.69. The second kappa shape index (κ2) is 5.14. The predicted molar refractivity (Wildman–Crippen MR) is 67.6 cm³/mol. The van der Waals surface area contributed by atoms with Crippen LogP contribution in [0.1, 0.15) is 26.7 Å². The molecule has 2 fully saturated rings. The van der Waals surface area contributed by atoms with Crippen molar-refractivity contribution in [3.63, 3.8) is 0 Å². The molecule has 0 aromatic rings. The quantitative estimate of drug-likeness (QED) is 0.677. The fraction of sp³-hybridized carbons (Fsp3) is 0.857. The van der Waals surface area contributed by atoms with Crippen LogP contribution < -0.4 is 0 Å². The molecule has 5 nitrogen and oxygen atoms in total. The lowest BCUT2D eigenvalue weighted by Crippen LogP contribution is -2.43. The number of methoxy groups -OCH3 is 1. The smallest absolute Gasteiger partial charge is 0.190 e. The first-order chi connectivity index (χ1) is 9.11. The second-order valence-corrected chi connectivity index (χ2v) is 5.69. The number of hydrogen-bond donors (Lipinski definition) is 0. The Kier molecular flexibility index (Phi) is 3.66. The minimum Gasteiger partial charge on any atom is -0.379 e. The molecule has 0 amide bonds. The molecule has 0 unspecified atom stereocenters. The van der Waals surface area contributed by atoms with Crippen molar-refractivity contribution in [3.05, 3.63) is 12.2 Å². The van der Waals surface area contributed by atoms with E-state index in [0.717, 1.165) is 12.8 Å². The van der Waals surface area contributed by atoms with Crippen molar-refractivity contribution in [2.24, 2.45) is 0 Å². The molecule has 0 N–H and O–H groups in total. The lowest BCUT2D eigenvalue weighted by Gasteiger charge is -2.29. The SMILES string of the molecule is CO[C@H]1CC/C=C\CO[C@@H]2[C@H]3OC(C)(C)O[C@H]3O[C@@H]21. The van der Waals surface area contributed by atoms with Crippen LogP contribution >= 0.6 is 0 Å². The van der Waals surface area contributed by atoms with E-state index in [0.29, 0.717) is 6.61 Å². The Bertz CT molecular complexity index is 354. The molecule has 0 saturated carbocycles. The van der Waals surface area contributed by atoms with Gasteiger partial charge in [-0.05, 0) is 26.7 Å². The highest BCUT2D eigenvalue weighted by molar-refractivity contribution is 4.99. The highest BCUT2D eigenvalue weighted by atomic mass is 16.8. The third-order valence-electron chi connectivity index (χ3n) is 3.87. The van der Waals surface area contributed by atoms with Gasteiger partial charge >= 0.3 is 0 Å². The van der Waals surface area contributed by atoms with Gasteiger partial charge in [0.15, 0.2) is 12.1 Å². The van der Waals surface area contributed by atoms with Crippen molar-refractivity contribution in [1.82, 2.24) is 0 Å². The van der Waals surface area contributed by atoms with E-state index in [1.807, 2.05) is 19.9 Å². The van der Waals surface area contributed by atoms with E-state index in [1.165, 1.54) is 0 Å². The molecule has 2 saturated heterocycles. The summed E-state index contributed by atoms with van der Waals surface area (Å²) in [5, 5.41) is 0. The number of allylic oxidation sites excluding steroid dienone is 1. The zero-order valence-corrected chi connectivity index (χ0v) is 11.7. The van der Waals surface area contributed by atoms with Gasteiger partial charge in [0.25, 0.3) is 0 Å². The minimum atomic E-state index is -0.611. The maximum atomic E-state index is 5.99. The van der Waals surface area contributed by atoms with Crippen LogP contribution in [0.25, 0.3) is 0 Å². The first-order valence-corrected chi connectivity index (χ1v) is 6.91. The number of fused-ring (bicyclic) bond motifs is 3. The maximum Gasteiger partial charge on any atom is 0.190 e. The van der Waals surface area contributed by atoms with E-state index in [1.54, 1.807) is 7.11 Å². The molecule has 0 radical (unpaired) electrons. The summed E-state index contributed by atoms with van der Waals surface area (Å²) >= 11 is 0. The molecule has 3 rings (SSSR count). The van der Waals surface area contributed by atoms with Gasteiger partial charge in [0.1, 0.15) is 18.3 Å². The third-order valence-corrected chi connectivity index (χ3v) is 3.87. The Morgan fingerprint density at radius 2 is 1.95 bits per heavy atom. The summed E-state index contributed by atoms with van der Waals surface area (Å²) in [6, 6.07) is 0. The van der Waals surface area contributed by atoms with Gasteiger partial charge in [-0.15, -0.1) is 0 Å². The molecular formula is C14H22O5. The Hall–Kier alpha value is -0.460. The van der Waals surface area contributed by atoms with Crippen LogP contribution in [-0.2, 0) is 23.7 Å². The summed E-state index contributed by atoms with van der Waals surface area (Å²) in [7, 11) is 1.71. The van der Waals surface area contributed by atoms with Crippen LogP contribution in [0.15, 0.2) is 12.2 Å². The minimum absolute atomic E-state index is 0.00802. The van der Waals surface area contributed by atoms with Gasteiger partial charge in [-0.3, -0.25) is 0 Å². The molecular weight excluding hydrogens is 248 g/mol. The van der Waals surface area contributed by atoms with Gasteiger partial charge < -0.3 is 23.7 Å². The van der Waals surface area contributed by atoms with Crippen molar-refractivity contribution in [3.8, 4) is 0 Å². The van der Waals surface area contributed by atoms with Gasteiger partial charge in [0.05, 0.1) is 12.7 Å². The molecule has 0 bridgehead atoms. The summed E-state index contributed by atoms with van der Waals surface area (Å²) in [6.07, 6.45) is 5.26. The van der Waals surface area contributed by atoms with Crippen LogP contribution in [0.4, 0.5) is 0 Å². The largest absolute Gasteiger partial charge is 0.379 e. The van der Waals surface area contributed by atoms with Gasteiger partial charge in [-0.1, -0.05) is 12.2 Å². The fourth-order valence-corrected chi connectivity index (χ4v) is 3.02. The van der Waals surface area contributed by atoms with Crippen molar-refractivity contribution in [2.45, 2.75) is 63.2 Å². The Morgan fingerprint density at radius 3 is 2.74 bits per heavy atom. The van der Waals surface area contributed by atoms with Gasteiger partial charge in [-0.2, -0.15) is 0 Å². The Labute approximate surface area is 113 Å². The molecule has 0 spiro atoms. The number of hydrogen-bond acceptors (Lipinski definition) is 5. The maximum absolute atomic E-state index is 5.99. The van der Waals surface area contributed by atoms with Crippen molar-refractivity contribution in [2.75, 3.05) is 13.7 Å². The average molecular weight is 270 g/mol. The molecule has 108 valence electrons. The fourth-order valence-electron chi connectivity index (χ4n) is 3.02. The topological polar surface area (TPSA) is 46.2 Å². The lowest BCUT2D eigenvalue weighted by molar-refractivity contribution is -0.230. The monoisotopic (exact) mass is 270 g/mol. The molecule has 0 aromatic heterocycles. The normalized spacial score (nSPS) is 46.8. The van der Waals surface area contributed by atoms with Gasteiger partial charge in [0.2, 0.25) is 0 Å². The van der Waals surface area contributed by atoms with E-state index < -0.39 is 5.79 Å². The molecule has 5 heteroatoms. The van der Waals surface area contributed by atoms with Crippen molar-refractivity contribution < 1.29 is 23.7 Å². The van der Waals surface area contributed by atoms with Gasteiger partial charge in [0, 0.05) is 7.11 Å². The van der Waals surface area contributed by atoms with E-state index >= 15 is 0 Å². The zero-order chi connectivity index (χ0) is 13.5. The predicted octanol–water partition coefficient (Wildman–Crippen LogP) is 1.61. The van der Waals surface area contributed by atoms with Crippen LogP contribution in [-0.4, -0.2) is 50.2 Å². The average Bonchev–Trinajstić information content (AvgIpc) is 2.83. The van der Waals surface area contributed by atoms with Gasteiger partial charge in [-0.25, -0.2) is 0 Å². The van der Waals surface area contributed by atoms with E-state index in [4.69, 9.17) is 23.7 Å². The molecule has 3 heterocycles. The van der Waals surface area contributed by atoms with Crippen molar-refractivity contribution in [1.29, 1.82) is 0 Å². The van der Waals surface area contributed by atoms with Crippen molar-refractivity contribution >= 4 is 0 Å². The molecule has 19 heavy (non-hydrogen) atoms. The molecule has 0 aromatic carbocycles. The van der Waals surface area contributed by atoms with E-state index in [9.17, 15) is 0 Å².